The van der Waals surface area contributed by atoms with Gasteiger partial charge in [0.2, 0.25) is 11.8 Å². The molecule has 4 nitrogen and oxygen atoms in total. The van der Waals surface area contributed by atoms with E-state index in [0.717, 1.165) is 25.7 Å². The Bertz CT molecular complexity index is 534. The van der Waals surface area contributed by atoms with Crippen LogP contribution < -0.4 is 10.6 Å². The average molecular weight is 323 g/mol. The number of imide groups is 1. The van der Waals surface area contributed by atoms with Crippen molar-refractivity contribution in [3.05, 3.63) is 22.7 Å². The smallest absolute Gasteiger partial charge is 0.237 e. The van der Waals surface area contributed by atoms with E-state index < -0.39 is 0 Å². The van der Waals surface area contributed by atoms with Crippen LogP contribution in [-0.2, 0) is 9.59 Å². The summed E-state index contributed by atoms with van der Waals surface area (Å²) >= 11 is 3.39. The molecule has 1 aromatic rings. The van der Waals surface area contributed by atoms with Crippen LogP contribution in [0.3, 0.4) is 0 Å². The third kappa shape index (κ3) is 1.96. The number of carbonyl (C=O) groups excluding carboxylic acids is 2. The van der Waals surface area contributed by atoms with Gasteiger partial charge in [-0.2, -0.15) is 0 Å². The molecule has 0 bridgehead atoms. The van der Waals surface area contributed by atoms with Gasteiger partial charge < -0.3 is 5.73 Å². The number of hydrogen-bond donors (Lipinski definition) is 1. The molecular formula is C14H15BrN2O2. The van der Waals surface area contributed by atoms with Crippen molar-refractivity contribution in [2.24, 2.45) is 11.8 Å². The highest BCUT2D eigenvalue weighted by Crippen LogP contribution is 2.42. The molecule has 0 radical (unpaired) electrons. The van der Waals surface area contributed by atoms with Crippen molar-refractivity contribution in [2.75, 3.05) is 10.6 Å². The second-order valence-corrected chi connectivity index (χ2v) is 6.07. The number of nitrogens with two attached hydrogens (primary N) is 1. The summed E-state index contributed by atoms with van der Waals surface area (Å²) < 4.78 is 0.688. The maximum atomic E-state index is 12.4. The Kier molecular flexibility index (Phi) is 3.09. The molecule has 2 aliphatic rings. The maximum Gasteiger partial charge on any atom is 0.237 e. The number of hydrogen-bond acceptors (Lipinski definition) is 3. The lowest BCUT2D eigenvalue weighted by Crippen LogP contribution is -2.31. The predicted octanol–water partition coefficient (Wildman–Crippen LogP) is 2.71. The Labute approximate surface area is 120 Å². The molecule has 1 aliphatic carbocycles. The second kappa shape index (κ2) is 4.63. The Hall–Kier alpha value is -1.36. The van der Waals surface area contributed by atoms with Gasteiger partial charge in [0.1, 0.15) is 0 Å². The number of nitrogens with zero attached hydrogens (tertiary/aromatic N) is 1. The topological polar surface area (TPSA) is 63.4 Å². The van der Waals surface area contributed by atoms with Crippen LogP contribution >= 0.6 is 15.9 Å². The zero-order chi connectivity index (χ0) is 13.6. The average Bonchev–Trinajstić information content (AvgIpc) is 2.64. The number of fused-ring (bicyclic) bond motifs is 1. The van der Waals surface area contributed by atoms with Gasteiger partial charge in [0.25, 0.3) is 0 Å². The fraction of sp³-hybridized carbons (Fsp3) is 0.429. The summed E-state index contributed by atoms with van der Waals surface area (Å²) in [6.45, 7) is 0. The third-order valence-electron chi connectivity index (χ3n) is 4.05. The first-order valence-corrected chi connectivity index (χ1v) is 7.31. The van der Waals surface area contributed by atoms with Crippen LogP contribution in [0.15, 0.2) is 22.7 Å². The van der Waals surface area contributed by atoms with Crippen molar-refractivity contribution in [2.45, 2.75) is 25.7 Å². The molecular weight excluding hydrogens is 308 g/mol. The highest BCUT2D eigenvalue weighted by atomic mass is 79.9. The molecule has 2 atom stereocenters. The van der Waals surface area contributed by atoms with Gasteiger partial charge in [-0.15, -0.1) is 0 Å². The number of rotatable bonds is 1. The molecule has 3 rings (SSSR count). The van der Waals surface area contributed by atoms with Crippen LogP contribution in [0, 0.1) is 11.8 Å². The van der Waals surface area contributed by atoms with E-state index in [1.807, 2.05) is 0 Å². The minimum atomic E-state index is -0.120. The number of carbonyl (C=O) groups is 2. The quantitative estimate of drug-likeness (QED) is 0.638. The maximum absolute atomic E-state index is 12.4. The highest BCUT2D eigenvalue weighted by Gasteiger charge is 2.49. The van der Waals surface area contributed by atoms with Crippen LogP contribution in [0.1, 0.15) is 25.7 Å². The van der Waals surface area contributed by atoms with E-state index in [1.54, 1.807) is 18.2 Å². The van der Waals surface area contributed by atoms with Gasteiger partial charge in [-0.25, -0.2) is 4.90 Å². The van der Waals surface area contributed by atoms with Crippen molar-refractivity contribution in [3.8, 4) is 0 Å². The van der Waals surface area contributed by atoms with Gasteiger partial charge >= 0.3 is 0 Å². The number of benzene rings is 1. The van der Waals surface area contributed by atoms with Crippen molar-refractivity contribution < 1.29 is 9.59 Å². The van der Waals surface area contributed by atoms with Gasteiger partial charge in [0, 0.05) is 10.2 Å². The van der Waals surface area contributed by atoms with E-state index in [-0.39, 0.29) is 23.7 Å². The molecule has 5 heteroatoms. The van der Waals surface area contributed by atoms with E-state index in [2.05, 4.69) is 15.9 Å². The van der Waals surface area contributed by atoms with E-state index in [9.17, 15) is 9.59 Å². The number of nitrogen functional groups attached to an aromatic ring is 1. The molecule has 2 amide bonds. The molecule has 1 saturated carbocycles. The summed E-state index contributed by atoms with van der Waals surface area (Å²) in [4.78, 5) is 26.2. The van der Waals surface area contributed by atoms with E-state index in [0.29, 0.717) is 15.8 Å². The molecule has 100 valence electrons. The van der Waals surface area contributed by atoms with Gasteiger partial charge in [-0.3, -0.25) is 9.59 Å². The molecule has 2 N–H and O–H groups in total. The van der Waals surface area contributed by atoms with E-state index >= 15 is 0 Å². The fourth-order valence-corrected chi connectivity index (χ4v) is 3.68. The Balaban J connectivity index is 2.00. The molecule has 1 aromatic carbocycles. The zero-order valence-corrected chi connectivity index (χ0v) is 12.0. The minimum absolute atomic E-state index is 0.0554. The van der Waals surface area contributed by atoms with E-state index in [1.165, 1.54) is 4.90 Å². The molecule has 2 fully saturated rings. The summed E-state index contributed by atoms with van der Waals surface area (Å²) in [7, 11) is 0. The predicted molar refractivity (Wildman–Crippen MR) is 76.5 cm³/mol. The first kappa shape index (κ1) is 12.7. The van der Waals surface area contributed by atoms with Crippen LogP contribution in [0.5, 0.6) is 0 Å². The minimum Gasteiger partial charge on any atom is -0.399 e. The van der Waals surface area contributed by atoms with Crippen LogP contribution in [-0.4, -0.2) is 11.8 Å². The fourth-order valence-electron chi connectivity index (χ4n) is 3.10. The van der Waals surface area contributed by atoms with Gasteiger partial charge in [0.05, 0.1) is 17.5 Å². The lowest BCUT2D eigenvalue weighted by molar-refractivity contribution is -0.122. The zero-order valence-electron chi connectivity index (χ0n) is 10.4. The Morgan fingerprint density at radius 2 is 1.68 bits per heavy atom. The Morgan fingerprint density at radius 3 is 2.21 bits per heavy atom. The third-order valence-corrected chi connectivity index (χ3v) is 4.69. The lowest BCUT2D eigenvalue weighted by atomic mass is 9.81. The molecule has 19 heavy (non-hydrogen) atoms. The van der Waals surface area contributed by atoms with Crippen LogP contribution in [0.2, 0.25) is 0 Å². The number of amides is 2. The number of halogens is 1. The second-order valence-electron chi connectivity index (χ2n) is 5.22. The van der Waals surface area contributed by atoms with E-state index in [4.69, 9.17) is 5.73 Å². The summed E-state index contributed by atoms with van der Waals surface area (Å²) in [5.74, 6) is -0.350. The van der Waals surface area contributed by atoms with Crippen molar-refractivity contribution in [3.63, 3.8) is 0 Å². The van der Waals surface area contributed by atoms with Crippen molar-refractivity contribution in [1.29, 1.82) is 0 Å². The summed E-state index contributed by atoms with van der Waals surface area (Å²) in [6, 6.07) is 5.16. The van der Waals surface area contributed by atoms with Crippen molar-refractivity contribution in [1.82, 2.24) is 0 Å². The molecule has 1 heterocycles. The number of anilines is 2. The Morgan fingerprint density at radius 1 is 1.11 bits per heavy atom. The van der Waals surface area contributed by atoms with Gasteiger partial charge in [-0.1, -0.05) is 12.8 Å². The normalized spacial score (nSPS) is 26.7. The molecule has 0 spiro atoms. The molecule has 0 aromatic heterocycles. The van der Waals surface area contributed by atoms with Gasteiger partial charge in [0.15, 0.2) is 0 Å². The first-order chi connectivity index (χ1) is 9.09. The summed E-state index contributed by atoms with van der Waals surface area (Å²) in [5, 5.41) is 0. The van der Waals surface area contributed by atoms with Crippen LogP contribution in [0.4, 0.5) is 11.4 Å². The van der Waals surface area contributed by atoms with Crippen molar-refractivity contribution >= 4 is 39.1 Å². The lowest BCUT2D eigenvalue weighted by Gasteiger charge is -2.19. The molecule has 1 aliphatic heterocycles. The molecule has 1 saturated heterocycles. The first-order valence-electron chi connectivity index (χ1n) is 6.52. The van der Waals surface area contributed by atoms with Gasteiger partial charge in [-0.05, 0) is 47.0 Å². The largest absolute Gasteiger partial charge is 0.399 e. The summed E-state index contributed by atoms with van der Waals surface area (Å²) in [5.41, 5.74) is 6.91. The molecule has 2 unspecified atom stereocenters. The summed E-state index contributed by atoms with van der Waals surface area (Å²) in [6.07, 6.45) is 3.74. The highest BCUT2D eigenvalue weighted by molar-refractivity contribution is 9.10. The standard InChI is InChI=1S/C14H15BrN2O2/c15-11-7-8(16)5-6-12(11)17-13(18)9-3-1-2-4-10(9)14(17)19/h5-7,9-10H,1-4,16H2. The van der Waals surface area contributed by atoms with Crippen LogP contribution in [0.25, 0.3) is 0 Å². The SMILES string of the molecule is Nc1ccc(N2C(=O)C3CCCCC3C2=O)c(Br)c1. The monoisotopic (exact) mass is 322 g/mol.